The third-order valence-electron chi connectivity index (χ3n) is 2.20. The summed E-state index contributed by atoms with van der Waals surface area (Å²) in [5.74, 6) is -0.310. The second kappa shape index (κ2) is 5.09. The molecule has 0 unspecified atom stereocenters. The highest BCUT2D eigenvalue weighted by molar-refractivity contribution is 9.10. The van der Waals surface area contributed by atoms with Gasteiger partial charge in [0, 0.05) is 10.1 Å². The van der Waals surface area contributed by atoms with Crippen molar-refractivity contribution in [1.29, 1.82) is 0 Å². The van der Waals surface area contributed by atoms with Gasteiger partial charge in [0.1, 0.15) is 16.4 Å². The Balaban J connectivity index is 2.26. The number of hydrogen-bond acceptors (Lipinski definition) is 3. The molecule has 0 saturated heterocycles. The maximum atomic E-state index is 13.2. The summed E-state index contributed by atoms with van der Waals surface area (Å²) in [7, 11) is 0. The monoisotopic (exact) mass is 345 g/mol. The summed E-state index contributed by atoms with van der Waals surface area (Å²) < 4.78 is 19.9. The molecule has 19 heavy (non-hydrogen) atoms. The van der Waals surface area contributed by atoms with Crippen molar-refractivity contribution in [3.05, 3.63) is 28.5 Å². The molecule has 0 aliphatic heterocycles. The summed E-state index contributed by atoms with van der Waals surface area (Å²) in [6, 6.07) is 4.50. The number of amides is 1. The first-order chi connectivity index (χ1) is 8.76. The molecular weight excluding hydrogens is 333 g/mol. The van der Waals surface area contributed by atoms with E-state index < -0.39 is 11.7 Å². The highest BCUT2D eigenvalue weighted by Gasteiger charge is 2.19. The zero-order valence-corrected chi connectivity index (χ0v) is 13.1. The van der Waals surface area contributed by atoms with Gasteiger partial charge in [-0.1, -0.05) is 0 Å². The lowest BCUT2D eigenvalue weighted by molar-refractivity contribution is 0.0636. The molecule has 0 bridgehead atoms. The van der Waals surface area contributed by atoms with Crippen LogP contribution in [0.5, 0.6) is 0 Å². The van der Waals surface area contributed by atoms with Gasteiger partial charge in [0.05, 0.1) is 4.47 Å². The molecule has 1 aromatic carbocycles. The molecule has 2 rings (SSSR count). The third-order valence-corrected chi connectivity index (χ3v) is 4.38. The van der Waals surface area contributed by atoms with E-state index in [-0.39, 0.29) is 5.82 Å². The predicted octanol–water partition coefficient (Wildman–Crippen LogP) is 5.15. The highest BCUT2D eigenvalue weighted by Crippen LogP contribution is 2.40. The zero-order valence-electron chi connectivity index (χ0n) is 10.7. The Morgan fingerprint density at radius 3 is 2.74 bits per heavy atom. The van der Waals surface area contributed by atoms with Crippen LogP contribution < -0.4 is 5.32 Å². The fourth-order valence-electron chi connectivity index (χ4n) is 1.52. The van der Waals surface area contributed by atoms with E-state index in [2.05, 4.69) is 21.2 Å². The highest BCUT2D eigenvalue weighted by atomic mass is 79.9. The summed E-state index contributed by atoms with van der Waals surface area (Å²) >= 11 is 4.73. The summed E-state index contributed by atoms with van der Waals surface area (Å²) in [4.78, 5) is 11.7. The van der Waals surface area contributed by atoms with Gasteiger partial charge in [-0.25, -0.2) is 9.18 Å². The molecule has 6 heteroatoms. The van der Waals surface area contributed by atoms with E-state index >= 15 is 0 Å². The number of halogens is 2. The molecule has 0 aliphatic rings. The average molecular weight is 346 g/mol. The van der Waals surface area contributed by atoms with Crippen LogP contribution in [-0.2, 0) is 4.74 Å². The lowest BCUT2D eigenvalue weighted by atomic mass is 10.2. The van der Waals surface area contributed by atoms with Crippen LogP contribution in [0.4, 0.5) is 14.2 Å². The second-order valence-electron chi connectivity index (χ2n) is 5.01. The van der Waals surface area contributed by atoms with Gasteiger partial charge in [0.15, 0.2) is 0 Å². The van der Waals surface area contributed by atoms with E-state index in [1.165, 1.54) is 23.5 Å². The number of fused-ring (bicyclic) bond motifs is 1. The normalized spacial score (nSPS) is 11.6. The fraction of sp³-hybridized carbons (Fsp3) is 0.308. The molecule has 0 fully saturated rings. The number of carbonyl (C=O) groups excluding carboxylic acids is 1. The molecule has 2 aromatic rings. The van der Waals surface area contributed by atoms with Gasteiger partial charge in [-0.3, -0.25) is 5.32 Å². The summed E-state index contributed by atoms with van der Waals surface area (Å²) in [6.07, 6.45) is -0.528. The Hall–Kier alpha value is -1.14. The predicted molar refractivity (Wildman–Crippen MR) is 79.3 cm³/mol. The Labute approximate surface area is 122 Å². The number of hydrogen-bond donors (Lipinski definition) is 1. The van der Waals surface area contributed by atoms with Gasteiger partial charge < -0.3 is 4.74 Å². The maximum Gasteiger partial charge on any atom is 0.412 e. The van der Waals surface area contributed by atoms with E-state index in [9.17, 15) is 9.18 Å². The van der Waals surface area contributed by atoms with E-state index in [1.54, 1.807) is 26.8 Å². The van der Waals surface area contributed by atoms with E-state index in [1.807, 2.05) is 0 Å². The second-order valence-corrected chi connectivity index (χ2v) is 6.86. The fourth-order valence-corrected chi connectivity index (χ4v) is 3.28. The van der Waals surface area contributed by atoms with E-state index in [0.717, 1.165) is 10.1 Å². The van der Waals surface area contributed by atoms with Gasteiger partial charge in [-0.2, -0.15) is 0 Å². The van der Waals surface area contributed by atoms with Crippen LogP contribution in [0.1, 0.15) is 20.8 Å². The number of carbonyl (C=O) groups is 1. The molecule has 0 atom stereocenters. The van der Waals surface area contributed by atoms with Crippen LogP contribution in [0.3, 0.4) is 0 Å². The van der Waals surface area contributed by atoms with Crippen molar-refractivity contribution in [3.8, 4) is 0 Å². The minimum Gasteiger partial charge on any atom is -0.444 e. The van der Waals surface area contributed by atoms with Gasteiger partial charge in [-0.15, -0.1) is 11.3 Å². The van der Waals surface area contributed by atoms with Crippen LogP contribution in [0, 0.1) is 5.82 Å². The molecule has 102 valence electrons. The number of anilines is 1. The summed E-state index contributed by atoms with van der Waals surface area (Å²) in [6.45, 7) is 5.38. The van der Waals surface area contributed by atoms with Crippen molar-refractivity contribution in [3.63, 3.8) is 0 Å². The Kier molecular flexibility index (Phi) is 3.82. The van der Waals surface area contributed by atoms with Crippen LogP contribution >= 0.6 is 27.3 Å². The first-order valence-electron chi connectivity index (χ1n) is 5.64. The Morgan fingerprint density at radius 1 is 1.42 bits per heavy atom. The van der Waals surface area contributed by atoms with Gasteiger partial charge >= 0.3 is 6.09 Å². The molecule has 1 heterocycles. The minimum absolute atomic E-state index is 0.310. The van der Waals surface area contributed by atoms with Crippen molar-refractivity contribution in [2.24, 2.45) is 0 Å². The van der Waals surface area contributed by atoms with Crippen LogP contribution in [0.25, 0.3) is 10.1 Å². The molecule has 0 spiro atoms. The Bertz CT molecular complexity index is 633. The standard InChI is InChI=1S/C13H13BrFNO2S/c1-13(2,3)18-12(17)16-11-10(14)8-6-7(15)4-5-9(8)19-11/h4-6H,1-3H3,(H,16,17). The number of thiophene rings is 1. The van der Waals surface area contributed by atoms with Crippen LogP contribution in [0.2, 0.25) is 0 Å². The van der Waals surface area contributed by atoms with Crippen molar-refractivity contribution >= 4 is 48.4 Å². The molecule has 0 radical (unpaired) electrons. The molecule has 0 aliphatic carbocycles. The smallest absolute Gasteiger partial charge is 0.412 e. The van der Waals surface area contributed by atoms with Crippen LogP contribution in [0.15, 0.2) is 22.7 Å². The van der Waals surface area contributed by atoms with Gasteiger partial charge in [-0.05, 0) is 54.9 Å². The average Bonchev–Trinajstić information content (AvgIpc) is 2.54. The van der Waals surface area contributed by atoms with Crippen molar-refractivity contribution in [1.82, 2.24) is 0 Å². The molecule has 3 nitrogen and oxygen atoms in total. The van der Waals surface area contributed by atoms with Gasteiger partial charge in [0.2, 0.25) is 0 Å². The number of nitrogens with one attached hydrogen (secondary N) is 1. The lowest BCUT2D eigenvalue weighted by Gasteiger charge is -2.19. The summed E-state index contributed by atoms with van der Waals surface area (Å²) in [5.41, 5.74) is -0.556. The third kappa shape index (κ3) is 3.45. The SMILES string of the molecule is CC(C)(C)OC(=O)Nc1sc2ccc(F)cc2c1Br. The molecule has 0 saturated carbocycles. The molecule has 1 amide bonds. The number of ether oxygens (including phenoxy) is 1. The largest absolute Gasteiger partial charge is 0.444 e. The topological polar surface area (TPSA) is 38.3 Å². The molecule has 1 aromatic heterocycles. The summed E-state index contributed by atoms with van der Waals surface area (Å²) in [5, 5.41) is 4.00. The first-order valence-corrected chi connectivity index (χ1v) is 7.25. The van der Waals surface area contributed by atoms with Crippen molar-refractivity contribution in [2.45, 2.75) is 26.4 Å². The Morgan fingerprint density at radius 2 is 2.11 bits per heavy atom. The van der Waals surface area contributed by atoms with E-state index in [0.29, 0.717) is 9.47 Å². The maximum absolute atomic E-state index is 13.2. The lowest BCUT2D eigenvalue weighted by Crippen LogP contribution is -2.27. The van der Waals surface area contributed by atoms with Gasteiger partial charge in [0.25, 0.3) is 0 Å². The quantitative estimate of drug-likeness (QED) is 0.775. The molecule has 1 N–H and O–H groups in total. The van der Waals surface area contributed by atoms with Crippen LogP contribution in [-0.4, -0.2) is 11.7 Å². The zero-order chi connectivity index (χ0) is 14.2. The number of rotatable bonds is 1. The molecular formula is C13H13BrFNO2S. The first kappa shape index (κ1) is 14.3. The van der Waals surface area contributed by atoms with Crippen molar-refractivity contribution in [2.75, 3.05) is 5.32 Å². The minimum atomic E-state index is -0.556. The van der Waals surface area contributed by atoms with Crippen molar-refractivity contribution < 1.29 is 13.9 Å². The number of benzene rings is 1. The van der Waals surface area contributed by atoms with E-state index in [4.69, 9.17) is 4.74 Å².